The number of carbonyl (C=O) groups is 2. The van der Waals surface area contributed by atoms with E-state index in [1.54, 1.807) is 12.2 Å². The molecule has 0 bridgehead atoms. The lowest BCUT2D eigenvalue weighted by Crippen LogP contribution is -2.40. The molecule has 3 heteroatoms. The molecular weight excluding hydrogens is 240 g/mol. The van der Waals surface area contributed by atoms with E-state index in [1.807, 2.05) is 6.08 Å². The normalized spacial score (nSPS) is 30.9. The van der Waals surface area contributed by atoms with Crippen molar-refractivity contribution in [3.8, 4) is 0 Å². The van der Waals surface area contributed by atoms with Gasteiger partial charge in [0.15, 0.2) is 11.6 Å². The van der Waals surface area contributed by atoms with Crippen LogP contribution in [-0.4, -0.2) is 18.2 Å². The third-order valence-corrected chi connectivity index (χ3v) is 4.09. The zero-order valence-corrected chi connectivity index (χ0v) is 11.9. The van der Waals surface area contributed by atoms with Crippen molar-refractivity contribution in [3.63, 3.8) is 0 Å². The van der Waals surface area contributed by atoms with Crippen molar-refractivity contribution in [3.05, 3.63) is 24.0 Å². The van der Waals surface area contributed by atoms with E-state index in [0.717, 1.165) is 12.2 Å². The molecule has 0 N–H and O–H groups in total. The second-order valence-corrected chi connectivity index (χ2v) is 6.12. The van der Waals surface area contributed by atoms with Gasteiger partial charge in [0.05, 0.1) is 17.8 Å². The van der Waals surface area contributed by atoms with Gasteiger partial charge in [-0.2, -0.15) is 0 Å². The van der Waals surface area contributed by atoms with Crippen LogP contribution in [0.15, 0.2) is 24.0 Å². The summed E-state index contributed by atoms with van der Waals surface area (Å²) in [6, 6.07) is 0. The first-order valence-corrected chi connectivity index (χ1v) is 7.04. The maximum atomic E-state index is 12.4. The molecule has 19 heavy (non-hydrogen) atoms. The molecule has 0 aromatic carbocycles. The van der Waals surface area contributed by atoms with Gasteiger partial charge in [-0.25, -0.2) is 0 Å². The van der Waals surface area contributed by atoms with E-state index in [1.165, 1.54) is 0 Å². The zero-order chi connectivity index (χ0) is 14.0. The molecule has 2 rings (SSSR count). The summed E-state index contributed by atoms with van der Waals surface area (Å²) >= 11 is 0. The fourth-order valence-electron chi connectivity index (χ4n) is 2.79. The van der Waals surface area contributed by atoms with E-state index in [2.05, 4.69) is 20.8 Å². The molecule has 3 nitrogen and oxygen atoms in total. The third kappa shape index (κ3) is 2.80. The molecule has 2 atom stereocenters. The molecule has 0 aliphatic heterocycles. The van der Waals surface area contributed by atoms with Crippen LogP contribution in [0.3, 0.4) is 0 Å². The van der Waals surface area contributed by atoms with E-state index in [0.29, 0.717) is 25.4 Å². The van der Waals surface area contributed by atoms with Crippen molar-refractivity contribution in [1.82, 2.24) is 0 Å². The molecule has 1 spiro atoms. The molecule has 0 saturated heterocycles. The first kappa shape index (κ1) is 14.0. The number of allylic oxidation sites excluding steroid dienone is 4. The van der Waals surface area contributed by atoms with E-state index in [4.69, 9.17) is 4.74 Å². The average Bonchev–Trinajstić information content (AvgIpc) is 2.35. The molecule has 0 heterocycles. The highest BCUT2D eigenvalue weighted by Gasteiger charge is 2.44. The van der Waals surface area contributed by atoms with Crippen LogP contribution in [0.1, 0.15) is 40.0 Å². The van der Waals surface area contributed by atoms with Gasteiger partial charge in [0.2, 0.25) is 0 Å². The Labute approximate surface area is 114 Å². The van der Waals surface area contributed by atoms with Crippen molar-refractivity contribution >= 4 is 11.6 Å². The smallest absolute Gasteiger partial charge is 0.169 e. The van der Waals surface area contributed by atoms with E-state index in [-0.39, 0.29) is 17.5 Å². The van der Waals surface area contributed by atoms with Crippen LogP contribution in [0.2, 0.25) is 0 Å². The number of ketones is 2. The molecule has 0 saturated carbocycles. The highest BCUT2D eigenvalue weighted by atomic mass is 16.5. The zero-order valence-electron chi connectivity index (χ0n) is 11.9. The predicted octanol–water partition coefficient (Wildman–Crippen LogP) is 3.06. The van der Waals surface area contributed by atoms with Gasteiger partial charge in [0.25, 0.3) is 0 Å². The van der Waals surface area contributed by atoms with Crippen molar-refractivity contribution in [1.29, 1.82) is 0 Å². The lowest BCUT2D eigenvalue weighted by Gasteiger charge is -2.39. The lowest BCUT2D eigenvalue weighted by atomic mass is 9.63. The second-order valence-electron chi connectivity index (χ2n) is 6.12. The molecular formula is C16H22O3. The van der Waals surface area contributed by atoms with Gasteiger partial charge >= 0.3 is 0 Å². The van der Waals surface area contributed by atoms with E-state index < -0.39 is 5.41 Å². The van der Waals surface area contributed by atoms with Gasteiger partial charge in [-0.15, -0.1) is 0 Å². The molecule has 104 valence electrons. The topological polar surface area (TPSA) is 43.4 Å². The first-order chi connectivity index (χ1) is 8.94. The summed E-state index contributed by atoms with van der Waals surface area (Å²) in [4.78, 5) is 23.7. The minimum atomic E-state index is -0.474. The Balaban J connectivity index is 2.16. The molecule has 0 aromatic heterocycles. The van der Waals surface area contributed by atoms with Crippen LogP contribution in [0.25, 0.3) is 0 Å². The van der Waals surface area contributed by atoms with Gasteiger partial charge in [-0.05, 0) is 24.3 Å². The average molecular weight is 262 g/mol. The van der Waals surface area contributed by atoms with Gasteiger partial charge < -0.3 is 4.74 Å². The highest BCUT2D eigenvalue weighted by molar-refractivity contribution is 6.01. The Kier molecular flexibility index (Phi) is 3.93. The Morgan fingerprint density at radius 1 is 1.42 bits per heavy atom. The lowest BCUT2D eigenvalue weighted by molar-refractivity contribution is -0.127. The summed E-state index contributed by atoms with van der Waals surface area (Å²) in [6.45, 7) is 6.90. The molecule has 0 fully saturated rings. The fraction of sp³-hybridized carbons (Fsp3) is 0.625. The molecule has 0 radical (unpaired) electrons. The summed E-state index contributed by atoms with van der Waals surface area (Å²) in [7, 11) is 0. The predicted molar refractivity (Wildman–Crippen MR) is 73.5 cm³/mol. The molecule has 2 unspecified atom stereocenters. The summed E-state index contributed by atoms with van der Waals surface area (Å²) in [5.41, 5.74) is -0.474. The van der Waals surface area contributed by atoms with Crippen molar-refractivity contribution in [2.75, 3.05) is 6.61 Å². The summed E-state index contributed by atoms with van der Waals surface area (Å²) < 4.78 is 5.69. The van der Waals surface area contributed by atoms with Crippen LogP contribution < -0.4 is 0 Å². The maximum absolute atomic E-state index is 12.4. The van der Waals surface area contributed by atoms with Crippen molar-refractivity contribution in [2.24, 2.45) is 17.3 Å². The Hall–Kier alpha value is -1.38. The number of hydrogen-bond donors (Lipinski definition) is 0. The van der Waals surface area contributed by atoms with Crippen LogP contribution in [0.4, 0.5) is 0 Å². The summed E-state index contributed by atoms with van der Waals surface area (Å²) in [5, 5.41) is 0. The monoisotopic (exact) mass is 262 g/mol. The number of hydrogen-bond acceptors (Lipinski definition) is 3. The highest BCUT2D eigenvalue weighted by Crippen LogP contribution is 2.44. The van der Waals surface area contributed by atoms with Crippen LogP contribution in [0.5, 0.6) is 0 Å². The quantitative estimate of drug-likeness (QED) is 0.785. The Morgan fingerprint density at radius 3 is 2.68 bits per heavy atom. The summed E-state index contributed by atoms with van der Waals surface area (Å²) in [5.74, 6) is 1.65. The van der Waals surface area contributed by atoms with Gasteiger partial charge in [0, 0.05) is 18.9 Å². The van der Waals surface area contributed by atoms with Crippen molar-refractivity contribution < 1.29 is 14.3 Å². The first-order valence-electron chi connectivity index (χ1n) is 7.04. The minimum absolute atomic E-state index is 0.0914. The standard InChI is InChI=1S/C16H22O3/c1-11(2)10-19-14-8-12(3)16(15(18)9-14)6-4-13(17)5-7-16/h4,6,9,11-12H,5,7-8,10H2,1-3H3. The van der Waals surface area contributed by atoms with Gasteiger partial charge in [-0.1, -0.05) is 26.8 Å². The van der Waals surface area contributed by atoms with Gasteiger partial charge in [-0.3, -0.25) is 9.59 Å². The third-order valence-electron chi connectivity index (χ3n) is 4.09. The van der Waals surface area contributed by atoms with E-state index >= 15 is 0 Å². The molecule has 0 amide bonds. The van der Waals surface area contributed by atoms with Crippen molar-refractivity contribution in [2.45, 2.75) is 40.0 Å². The van der Waals surface area contributed by atoms with Crippen LogP contribution >= 0.6 is 0 Å². The minimum Gasteiger partial charge on any atom is -0.498 e. The summed E-state index contributed by atoms with van der Waals surface area (Å²) in [6.07, 6.45) is 6.92. The Morgan fingerprint density at radius 2 is 2.16 bits per heavy atom. The number of rotatable bonds is 3. The second kappa shape index (κ2) is 5.32. The fourth-order valence-corrected chi connectivity index (χ4v) is 2.79. The molecule has 2 aliphatic carbocycles. The van der Waals surface area contributed by atoms with E-state index in [9.17, 15) is 9.59 Å². The Bertz CT molecular complexity index is 445. The largest absolute Gasteiger partial charge is 0.498 e. The molecule has 2 aliphatic rings. The van der Waals surface area contributed by atoms with Crippen LogP contribution in [-0.2, 0) is 14.3 Å². The van der Waals surface area contributed by atoms with Crippen LogP contribution in [0, 0.1) is 17.3 Å². The number of ether oxygens (including phenoxy) is 1. The van der Waals surface area contributed by atoms with Gasteiger partial charge in [0.1, 0.15) is 0 Å². The number of carbonyl (C=O) groups excluding carboxylic acids is 2. The SMILES string of the molecule is CC(C)COC1=CC(=O)C2(C=CC(=O)CC2)C(C)C1. The molecule has 0 aromatic rings. The maximum Gasteiger partial charge on any atom is 0.169 e.